The van der Waals surface area contributed by atoms with E-state index in [1.165, 1.54) is 5.56 Å². The summed E-state index contributed by atoms with van der Waals surface area (Å²) in [6.45, 7) is 2.63. The fraction of sp³-hybridized carbons (Fsp3) is 0.174. The first-order valence-corrected chi connectivity index (χ1v) is 9.43. The summed E-state index contributed by atoms with van der Waals surface area (Å²) >= 11 is 6.17. The number of amides is 1. The highest BCUT2D eigenvalue weighted by atomic mass is 35.5. The molecule has 28 heavy (non-hydrogen) atoms. The SMILES string of the molecule is COc1ccc(NC(=O)C(NCc2ccc(C)cc2)c2ccccc2)cc1Cl. The van der Waals surface area contributed by atoms with Gasteiger partial charge in [-0.1, -0.05) is 71.8 Å². The molecule has 0 saturated heterocycles. The molecule has 2 N–H and O–H groups in total. The summed E-state index contributed by atoms with van der Waals surface area (Å²) in [7, 11) is 1.56. The van der Waals surface area contributed by atoms with Crippen molar-refractivity contribution in [2.24, 2.45) is 0 Å². The van der Waals surface area contributed by atoms with E-state index >= 15 is 0 Å². The summed E-state index contributed by atoms with van der Waals surface area (Å²) in [6.07, 6.45) is 0. The number of aryl methyl sites for hydroxylation is 1. The number of carbonyl (C=O) groups excluding carboxylic acids is 1. The summed E-state index contributed by atoms with van der Waals surface area (Å²) in [5, 5.41) is 6.74. The van der Waals surface area contributed by atoms with Gasteiger partial charge in [-0.3, -0.25) is 10.1 Å². The number of anilines is 1. The van der Waals surface area contributed by atoms with E-state index in [2.05, 4.69) is 41.8 Å². The summed E-state index contributed by atoms with van der Waals surface area (Å²) in [5.74, 6) is 0.413. The van der Waals surface area contributed by atoms with Crippen LogP contribution in [0.3, 0.4) is 0 Å². The van der Waals surface area contributed by atoms with Gasteiger partial charge in [-0.25, -0.2) is 0 Å². The number of halogens is 1. The standard InChI is InChI=1S/C23H23ClN2O2/c1-16-8-10-17(11-9-16)15-25-22(18-6-4-3-5-7-18)23(27)26-19-12-13-21(28-2)20(24)14-19/h3-14,22,25H,15H2,1-2H3,(H,26,27). The van der Waals surface area contributed by atoms with Crippen LogP contribution in [-0.2, 0) is 11.3 Å². The Morgan fingerprint density at radius 3 is 2.39 bits per heavy atom. The monoisotopic (exact) mass is 394 g/mol. The molecule has 3 aromatic rings. The summed E-state index contributed by atoms with van der Waals surface area (Å²) in [5.41, 5.74) is 3.84. The van der Waals surface area contributed by atoms with Crippen LogP contribution in [0.2, 0.25) is 5.02 Å². The van der Waals surface area contributed by atoms with Gasteiger partial charge >= 0.3 is 0 Å². The van der Waals surface area contributed by atoms with E-state index in [0.717, 1.165) is 11.1 Å². The molecule has 0 saturated carbocycles. The highest BCUT2D eigenvalue weighted by Crippen LogP contribution is 2.28. The third-order valence-electron chi connectivity index (χ3n) is 4.45. The maximum absolute atomic E-state index is 13.0. The van der Waals surface area contributed by atoms with Gasteiger partial charge in [0, 0.05) is 12.2 Å². The average Bonchev–Trinajstić information content (AvgIpc) is 2.70. The number of methoxy groups -OCH3 is 1. The molecule has 144 valence electrons. The number of carbonyl (C=O) groups is 1. The van der Waals surface area contributed by atoms with Crippen molar-refractivity contribution in [1.82, 2.24) is 5.32 Å². The highest BCUT2D eigenvalue weighted by molar-refractivity contribution is 6.32. The molecule has 0 fully saturated rings. The summed E-state index contributed by atoms with van der Waals surface area (Å²) < 4.78 is 5.16. The maximum atomic E-state index is 13.0. The first kappa shape index (κ1) is 19.9. The molecule has 1 atom stereocenters. The lowest BCUT2D eigenvalue weighted by molar-refractivity contribution is -0.118. The molecule has 1 unspecified atom stereocenters. The quantitative estimate of drug-likeness (QED) is 0.584. The second kappa shape index (κ2) is 9.40. The minimum absolute atomic E-state index is 0.153. The minimum Gasteiger partial charge on any atom is -0.495 e. The van der Waals surface area contributed by atoms with Crippen LogP contribution in [0, 0.1) is 6.92 Å². The second-order valence-corrected chi connectivity index (χ2v) is 6.96. The Bertz CT molecular complexity index is 927. The van der Waals surface area contributed by atoms with Crippen molar-refractivity contribution in [3.05, 3.63) is 94.5 Å². The topological polar surface area (TPSA) is 50.4 Å². The normalized spacial score (nSPS) is 11.7. The van der Waals surface area contributed by atoms with Gasteiger partial charge in [0.2, 0.25) is 5.91 Å². The van der Waals surface area contributed by atoms with E-state index in [1.807, 2.05) is 30.3 Å². The largest absolute Gasteiger partial charge is 0.495 e. The van der Waals surface area contributed by atoms with Crippen molar-refractivity contribution in [1.29, 1.82) is 0 Å². The van der Waals surface area contributed by atoms with Crippen LogP contribution >= 0.6 is 11.6 Å². The number of ether oxygens (including phenoxy) is 1. The van der Waals surface area contributed by atoms with Gasteiger partial charge in [0.25, 0.3) is 0 Å². The molecule has 0 spiro atoms. The zero-order chi connectivity index (χ0) is 19.9. The van der Waals surface area contributed by atoms with E-state index in [-0.39, 0.29) is 5.91 Å². The zero-order valence-electron chi connectivity index (χ0n) is 15.9. The molecular weight excluding hydrogens is 372 g/mol. The molecule has 0 aliphatic rings. The molecule has 3 aromatic carbocycles. The molecule has 3 rings (SSSR count). The van der Waals surface area contributed by atoms with Crippen molar-refractivity contribution >= 4 is 23.2 Å². The van der Waals surface area contributed by atoms with Gasteiger partial charge in [-0.15, -0.1) is 0 Å². The lowest BCUT2D eigenvalue weighted by atomic mass is 10.1. The van der Waals surface area contributed by atoms with E-state index in [9.17, 15) is 4.79 Å². The van der Waals surface area contributed by atoms with Crippen LogP contribution < -0.4 is 15.4 Å². The number of hydrogen-bond acceptors (Lipinski definition) is 3. The number of hydrogen-bond donors (Lipinski definition) is 2. The van der Waals surface area contributed by atoms with Crippen LogP contribution in [0.1, 0.15) is 22.7 Å². The van der Waals surface area contributed by atoms with Crippen LogP contribution in [0.15, 0.2) is 72.8 Å². The smallest absolute Gasteiger partial charge is 0.246 e. The van der Waals surface area contributed by atoms with Gasteiger partial charge in [-0.05, 0) is 36.2 Å². The third kappa shape index (κ3) is 5.12. The Balaban J connectivity index is 1.77. The highest BCUT2D eigenvalue weighted by Gasteiger charge is 2.20. The van der Waals surface area contributed by atoms with E-state index in [1.54, 1.807) is 25.3 Å². The summed E-state index contributed by atoms with van der Waals surface area (Å²) in [6, 6.07) is 22.6. The zero-order valence-corrected chi connectivity index (χ0v) is 16.7. The molecular formula is C23H23ClN2O2. The Morgan fingerprint density at radius 1 is 1.04 bits per heavy atom. The molecule has 0 aliphatic heterocycles. The van der Waals surface area contributed by atoms with Gasteiger partial charge in [0.15, 0.2) is 0 Å². The first-order valence-electron chi connectivity index (χ1n) is 9.05. The maximum Gasteiger partial charge on any atom is 0.246 e. The molecule has 0 radical (unpaired) electrons. The van der Waals surface area contributed by atoms with Crippen LogP contribution in [0.4, 0.5) is 5.69 Å². The molecule has 0 aliphatic carbocycles. The molecule has 4 nitrogen and oxygen atoms in total. The summed E-state index contributed by atoms with van der Waals surface area (Å²) in [4.78, 5) is 13.0. The van der Waals surface area contributed by atoms with Gasteiger partial charge in [0.1, 0.15) is 11.8 Å². The third-order valence-corrected chi connectivity index (χ3v) is 4.74. The minimum atomic E-state index is -0.497. The van der Waals surface area contributed by atoms with E-state index in [4.69, 9.17) is 16.3 Å². The Morgan fingerprint density at radius 2 is 1.75 bits per heavy atom. The molecule has 5 heteroatoms. The predicted octanol–water partition coefficient (Wildman–Crippen LogP) is 5.13. The van der Waals surface area contributed by atoms with Crippen molar-refractivity contribution < 1.29 is 9.53 Å². The fourth-order valence-corrected chi connectivity index (χ4v) is 3.15. The number of nitrogens with one attached hydrogen (secondary N) is 2. The first-order chi connectivity index (χ1) is 13.6. The molecule has 0 bridgehead atoms. The van der Waals surface area contributed by atoms with Crippen molar-refractivity contribution in [3.8, 4) is 5.75 Å². The predicted molar refractivity (Wildman–Crippen MR) is 114 cm³/mol. The van der Waals surface area contributed by atoms with E-state index in [0.29, 0.717) is 23.0 Å². The van der Waals surface area contributed by atoms with E-state index < -0.39 is 6.04 Å². The average molecular weight is 395 g/mol. The molecule has 0 aromatic heterocycles. The fourth-order valence-electron chi connectivity index (χ4n) is 2.89. The Labute approximate surface area is 170 Å². The van der Waals surface area contributed by atoms with Crippen molar-refractivity contribution in [2.45, 2.75) is 19.5 Å². The lowest BCUT2D eigenvalue weighted by Gasteiger charge is -2.19. The van der Waals surface area contributed by atoms with Gasteiger partial charge in [0.05, 0.1) is 12.1 Å². The van der Waals surface area contributed by atoms with Crippen molar-refractivity contribution in [3.63, 3.8) is 0 Å². The van der Waals surface area contributed by atoms with Crippen LogP contribution in [0.5, 0.6) is 5.75 Å². The van der Waals surface area contributed by atoms with Crippen LogP contribution in [0.25, 0.3) is 0 Å². The number of rotatable bonds is 7. The second-order valence-electron chi connectivity index (χ2n) is 6.55. The van der Waals surface area contributed by atoms with Gasteiger partial charge < -0.3 is 10.1 Å². The molecule has 1 amide bonds. The van der Waals surface area contributed by atoms with Gasteiger partial charge in [-0.2, -0.15) is 0 Å². The number of benzene rings is 3. The Hall–Kier alpha value is -2.82. The Kier molecular flexibility index (Phi) is 6.69. The lowest BCUT2D eigenvalue weighted by Crippen LogP contribution is -2.32. The van der Waals surface area contributed by atoms with Crippen LogP contribution in [-0.4, -0.2) is 13.0 Å². The molecule has 0 heterocycles. The van der Waals surface area contributed by atoms with Crippen molar-refractivity contribution in [2.75, 3.05) is 12.4 Å².